The number of anilines is 1. The first kappa shape index (κ1) is 35.9. The minimum atomic E-state index is -5.77. The number of carbonyl (C=O) groups is 1. The topological polar surface area (TPSA) is 256 Å². The van der Waals surface area contributed by atoms with Crippen molar-refractivity contribution in [2.75, 3.05) is 12.3 Å². The number of rotatable bonds is 14. The van der Waals surface area contributed by atoms with E-state index < -0.39 is 60.2 Å². The highest BCUT2D eigenvalue weighted by Crippen LogP contribution is 2.66. The first-order chi connectivity index (χ1) is 19.9. The van der Waals surface area contributed by atoms with Crippen LogP contribution in [0.3, 0.4) is 0 Å². The van der Waals surface area contributed by atoms with E-state index in [1.165, 1.54) is 12.3 Å². The van der Waals surface area contributed by atoms with Crippen LogP contribution < -0.4 is 11.4 Å². The number of nitrogens with two attached hydrogens (primary N) is 1. The minimum absolute atomic E-state index is 0.0642. The van der Waals surface area contributed by atoms with E-state index >= 15 is 0 Å². The molecule has 17 nitrogen and oxygen atoms in total. The Balaban J connectivity index is 1.82. The zero-order valence-corrected chi connectivity index (χ0v) is 27.1. The first-order valence-electron chi connectivity index (χ1n) is 12.3. The molecule has 0 radical (unpaired) electrons. The van der Waals surface area contributed by atoms with Crippen LogP contribution >= 0.6 is 45.1 Å². The predicted molar refractivity (Wildman–Crippen MR) is 156 cm³/mol. The number of phosphoric acid groups is 3. The standard InChI is InChI=1S/C21H30N3O14P3S2/c1-12(2)42-43-13(3)14-6-4-5-7-15(14)20(25)36-16-10-19(24-9-8-18(22)23-21(24)26)35-17(16)11-34-40(30,31)38-41(32,33)37-39(27,28)29/h4-9,12-13,16-17,19H,10-11H2,1-3H3,(H,30,31)(H,32,33)(H2,22,23,26)(H2,27,28,29)/t13?,16-,17-,19-/m1/s1. The van der Waals surface area contributed by atoms with Crippen molar-refractivity contribution in [3.63, 3.8) is 0 Å². The lowest BCUT2D eigenvalue weighted by Gasteiger charge is -2.22. The van der Waals surface area contributed by atoms with Gasteiger partial charge >= 0.3 is 35.1 Å². The molecule has 3 rings (SSSR count). The maximum absolute atomic E-state index is 13.4. The molecular formula is C21H30N3O14P3S2. The first-order valence-corrected chi connectivity index (χ1v) is 19.1. The average Bonchev–Trinajstić information content (AvgIpc) is 3.26. The van der Waals surface area contributed by atoms with Gasteiger partial charge in [0.25, 0.3) is 0 Å². The van der Waals surface area contributed by atoms with Crippen LogP contribution in [0.1, 0.15) is 54.6 Å². The van der Waals surface area contributed by atoms with Crippen molar-refractivity contribution in [3.05, 3.63) is 58.1 Å². The molecule has 6 N–H and O–H groups in total. The summed E-state index contributed by atoms with van der Waals surface area (Å²) in [6.07, 6.45) is -2.54. The fraction of sp³-hybridized carbons (Fsp3) is 0.476. The smallest absolute Gasteiger partial charge is 0.456 e. The summed E-state index contributed by atoms with van der Waals surface area (Å²) in [7, 11) is -13.7. The number of carbonyl (C=O) groups excluding carboxylic acids is 1. The highest BCUT2D eigenvalue weighted by atomic mass is 33.1. The van der Waals surface area contributed by atoms with Gasteiger partial charge in [-0.2, -0.15) is 13.6 Å². The Morgan fingerprint density at radius 3 is 2.40 bits per heavy atom. The molecule has 3 unspecified atom stereocenters. The number of aromatic nitrogens is 2. The third kappa shape index (κ3) is 11.1. The Morgan fingerprint density at radius 2 is 1.77 bits per heavy atom. The van der Waals surface area contributed by atoms with Crippen LogP contribution in [-0.4, -0.2) is 59.2 Å². The lowest BCUT2D eigenvalue weighted by molar-refractivity contribution is -0.0511. The lowest BCUT2D eigenvalue weighted by Crippen LogP contribution is -2.31. The molecule has 0 spiro atoms. The molecule has 0 bridgehead atoms. The SMILES string of the molecule is CC(C)SSC(C)c1ccccc1C(=O)O[C@@H]1C[C@H](n2ccc(N)nc2=O)O[C@@H]1COP(=O)(O)OP(=O)(O)OP(=O)(O)O. The maximum Gasteiger partial charge on any atom is 0.490 e. The van der Waals surface area contributed by atoms with E-state index in [4.69, 9.17) is 29.5 Å². The fourth-order valence-corrected chi connectivity index (χ4v) is 8.95. The molecule has 0 aliphatic carbocycles. The maximum atomic E-state index is 13.4. The summed E-state index contributed by atoms with van der Waals surface area (Å²) < 4.78 is 59.5. The molecule has 240 valence electrons. The largest absolute Gasteiger partial charge is 0.490 e. The van der Waals surface area contributed by atoms with Crippen molar-refractivity contribution < 1.29 is 60.7 Å². The van der Waals surface area contributed by atoms with Crippen molar-refractivity contribution in [1.82, 2.24) is 9.55 Å². The van der Waals surface area contributed by atoms with Crippen LogP contribution in [0.2, 0.25) is 0 Å². The molecule has 2 heterocycles. The Kier molecular flexibility index (Phi) is 12.3. The van der Waals surface area contributed by atoms with Gasteiger partial charge < -0.3 is 34.8 Å². The highest BCUT2D eigenvalue weighted by Gasteiger charge is 2.44. The number of hydrogen-bond acceptors (Lipinski definition) is 14. The second-order valence-electron chi connectivity index (χ2n) is 9.21. The third-order valence-electron chi connectivity index (χ3n) is 5.43. The molecule has 6 atom stereocenters. The molecule has 0 amide bonds. The van der Waals surface area contributed by atoms with Gasteiger partial charge in [-0.25, -0.2) is 23.3 Å². The zero-order valence-electron chi connectivity index (χ0n) is 22.8. The number of nitrogens with zero attached hydrogens (tertiary/aromatic N) is 2. The second kappa shape index (κ2) is 14.7. The molecular weight excluding hydrogens is 675 g/mol. The summed E-state index contributed by atoms with van der Waals surface area (Å²) in [6.45, 7) is 5.08. The number of hydrogen-bond donors (Lipinski definition) is 5. The van der Waals surface area contributed by atoms with E-state index in [2.05, 4.69) is 13.6 Å². The van der Waals surface area contributed by atoms with Crippen LogP contribution in [0.15, 0.2) is 41.3 Å². The normalized spacial score (nSPS) is 22.6. The Morgan fingerprint density at radius 1 is 1.09 bits per heavy atom. The van der Waals surface area contributed by atoms with Gasteiger partial charge in [-0.05, 0) is 24.6 Å². The van der Waals surface area contributed by atoms with Gasteiger partial charge in [-0.3, -0.25) is 9.09 Å². The van der Waals surface area contributed by atoms with Gasteiger partial charge in [-0.1, -0.05) is 53.6 Å². The molecule has 1 fully saturated rings. The summed E-state index contributed by atoms with van der Waals surface area (Å²) in [5.74, 6) is -0.830. The van der Waals surface area contributed by atoms with Gasteiger partial charge in [0.2, 0.25) is 0 Å². The summed E-state index contributed by atoms with van der Waals surface area (Å²) in [5, 5.41) is 0.227. The number of nitrogen functional groups attached to an aromatic ring is 1. The van der Waals surface area contributed by atoms with E-state index in [9.17, 15) is 33.1 Å². The molecule has 1 saturated heterocycles. The Labute approximate surface area is 253 Å². The lowest BCUT2D eigenvalue weighted by atomic mass is 10.0. The predicted octanol–water partition coefficient (Wildman–Crippen LogP) is 3.53. The molecule has 1 aliphatic rings. The Hall–Kier alpha value is -1.56. The molecule has 43 heavy (non-hydrogen) atoms. The van der Waals surface area contributed by atoms with Gasteiger partial charge in [0.15, 0.2) is 0 Å². The van der Waals surface area contributed by atoms with Crippen molar-refractivity contribution in [2.45, 2.75) is 56.1 Å². The quantitative estimate of drug-likeness (QED) is 0.107. The summed E-state index contributed by atoms with van der Waals surface area (Å²) in [4.78, 5) is 66.1. The number of esters is 1. The summed E-state index contributed by atoms with van der Waals surface area (Å²) in [5.41, 5.74) is 5.66. The monoisotopic (exact) mass is 705 g/mol. The van der Waals surface area contributed by atoms with E-state index in [1.807, 2.05) is 20.8 Å². The van der Waals surface area contributed by atoms with E-state index in [0.29, 0.717) is 10.8 Å². The molecule has 0 saturated carbocycles. The fourth-order valence-electron chi connectivity index (χ4n) is 3.75. The van der Waals surface area contributed by atoms with Crippen LogP contribution in [0.5, 0.6) is 0 Å². The van der Waals surface area contributed by atoms with Gasteiger partial charge in [-0.15, -0.1) is 0 Å². The second-order valence-corrected chi connectivity index (χ2v) is 16.8. The van der Waals surface area contributed by atoms with E-state index in [-0.39, 0.29) is 23.1 Å². The number of benzene rings is 1. The summed E-state index contributed by atoms with van der Waals surface area (Å²) in [6, 6.07) is 8.07. The zero-order chi connectivity index (χ0) is 32.2. The van der Waals surface area contributed by atoms with Gasteiger partial charge in [0.1, 0.15) is 24.3 Å². The van der Waals surface area contributed by atoms with Crippen molar-refractivity contribution in [1.29, 1.82) is 0 Å². The van der Waals surface area contributed by atoms with E-state index in [1.54, 1.807) is 45.9 Å². The van der Waals surface area contributed by atoms with E-state index in [0.717, 1.165) is 4.57 Å². The number of ether oxygens (including phenoxy) is 2. The van der Waals surface area contributed by atoms with Crippen LogP contribution in [-0.2, 0) is 36.3 Å². The van der Waals surface area contributed by atoms with Crippen molar-refractivity contribution >= 4 is 56.8 Å². The average molecular weight is 706 g/mol. The van der Waals surface area contributed by atoms with Crippen LogP contribution in [0.25, 0.3) is 0 Å². The third-order valence-corrected chi connectivity index (χ3v) is 12.6. The minimum Gasteiger partial charge on any atom is -0.456 e. The molecule has 1 aromatic heterocycles. The molecule has 22 heteroatoms. The summed E-state index contributed by atoms with van der Waals surface area (Å²) >= 11 is 0. The van der Waals surface area contributed by atoms with Crippen LogP contribution in [0.4, 0.5) is 5.82 Å². The van der Waals surface area contributed by atoms with Crippen molar-refractivity contribution in [2.24, 2.45) is 0 Å². The molecule has 2 aromatic rings. The molecule has 1 aromatic carbocycles. The highest BCUT2D eigenvalue weighted by molar-refractivity contribution is 8.77. The number of phosphoric ester groups is 1. The molecule has 1 aliphatic heterocycles. The van der Waals surface area contributed by atoms with Gasteiger partial charge in [0, 0.05) is 23.1 Å². The van der Waals surface area contributed by atoms with Crippen molar-refractivity contribution in [3.8, 4) is 0 Å². The van der Waals surface area contributed by atoms with Gasteiger partial charge in [0.05, 0.1) is 12.2 Å². The van der Waals surface area contributed by atoms with Crippen LogP contribution in [0, 0.1) is 0 Å². The Bertz CT molecular complexity index is 1500.